The number of aromatic nitrogens is 2. The molecule has 0 spiro atoms. The number of halogens is 1. The van der Waals surface area contributed by atoms with E-state index in [1.165, 1.54) is 29.5 Å². The van der Waals surface area contributed by atoms with Crippen molar-refractivity contribution >= 4 is 35.2 Å². The Bertz CT molecular complexity index is 2590. The molecule has 0 unspecified atom stereocenters. The Morgan fingerprint density at radius 3 is 2.24 bits per heavy atom. The van der Waals surface area contributed by atoms with E-state index in [4.69, 9.17) is 11.3 Å². The molecule has 0 bridgehead atoms. The van der Waals surface area contributed by atoms with Crippen LogP contribution in [0.3, 0.4) is 0 Å². The van der Waals surface area contributed by atoms with Gasteiger partial charge in [0.1, 0.15) is 11.4 Å². The third kappa shape index (κ3) is 8.16. The molecule has 5 aromatic carbocycles. The van der Waals surface area contributed by atoms with Gasteiger partial charge in [0.25, 0.3) is 0 Å². The van der Waals surface area contributed by atoms with Gasteiger partial charge in [-0.2, -0.15) is 0 Å². The molecule has 255 valence electrons. The van der Waals surface area contributed by atoms with Gasteiger partial charge < -0.3 is 14.4 Å². The number of benzene rings is 5. The Balaban J connectivity index is 0.000000192. The Labute approximate surface area is 320 Å². The summed E-state index contributed by atoms with van der Waals surface area (Å²) in [5, 5.41) is 3.17. The number of fused-ring (bicyclic) bond motifs is 3. The van der Waals surface area contributed by atoms with Crippen LogP contribution in [-0.4, -0.2) is 18.0 Å². The minimum absolute atomic E-state index is 0. The van der Waals surface area contributed by atoms with Crippen molar-refractivity contribution in [2.45, 2.75) is 32.9 Å². The van der Waals surface area contributed by atoms with Crippen molar-refractivity contribution in [3.8, 4) is 33.6 Å². The van der Waals surface area contributed by atoms with E-state index in [0.29, 0.717) is 39.1 Å². The molecule has 51 heavy (non-hydrogen) atoms. The molecular formula is C45H37FIrN2OSi-2. The zero-order valence-corrected chi connectivity index (χ0v) is 31.7. The Hall–Kier alpha value is -5.00. The smallest absolute Gasteiger partial charge is 0.126 e. The Kier molecular flexibility index (Phi) is 9.02. The average molecular weight is 866 g/mol. The molecular weight excluding hydrogens is 824 g/mol. The molecule has 0 N–H and O–H groups in total. The van der Waals surface area contributed by atoms with Gasteiger partial charge in [0.05, 0.1) is 13.7 Å². The number of hydrogen-bond acceptors (Lipinski definition) is 3. The topological polar surface area (TPSA) is 38.9 Å². The second-order valence-electron chi connectivity index (χ2n) is 13.0. The van der Waals surface area contributed by atoms with Gasteiger partial charge in [0.2, 0.25) is 0 Å². The molecule has 8 aromatic rings. The van der Waals surface area contributed by atoms with Gasteiger partial charge in [0, 0.05) is 56.4 Å². The van der Waals surface area contributed by atoms with Crippen molar-refractivity contribution in [2.24, 2.45) is 0 Å². The fourth-order valence-corrected chi connectivity index (χ4v) is 6.74. The van der Waals surface area contributed by atoms with E-state index < -0.39 is 21.3 Å². The molecule has 0 aliphatic rings. The van der Waals surface area contributed by atoms with Crippen LogP contribution in [0.4, 0.5) is 4.39 Å². The quantitative estimate of drug-likeness (QED) is 0.123. The van der Waals surface area contributed by atoms with Gasteiger partial charge in [-0.25, -0.2) is 4.39 Å². The van der Waals surface area contributed by atoms with Crippen LogP contribution in [0.25, 0.3) is 55.6 Å². The number of pyridine rings is 2. The summed E-state index contributed by atoms with van der Waals surface area (Å²) in [5.41, 5.74) is 6.84. The SMILES string of the molecule is C[Si](C)(C)c1ccc(-c2[c-]ccc3c2oc2cc(F)ccc23)nc1.[2H]C([2H])([2H])c1c[c-]c(-c2cc(C([2H])([2H])c3ccccc3)c(-c3ccccc3)cn2)cc1.[Ir]. The normalized spacial score (nSPS) is 13.1. The third-order valence-corrected chi connectivity index (χ3v) is 10.4. The van der Waals surface area contributed by atoms with Crippen LogP contribution in [0, 0.1) is 24.8 Å². The van der Waals surface area contributed by atoms with E-state index in [1.54, 1.807) is 36.5 Å². The number of rotatable bonds is 6. The molecule has 3 aromatic heterocycles. The Morgan fingerprint density at radius 1 is 0.784 bits per heavy atom. The van der Waals surface area contributed by atoms with Crippen LogP contribution >= 0.6 is 0 Å². The van der Waals surface area contributed by atoms with Crippen molar-refractivity contribution in [1.82, 2.24) is 9.97 Å². The molecule has 6 heteroatoms. The summed E-state index contributed by atoms with van der Waals surface area (Å²) in [6.07, 6.45) is 1.87. The monoisotopic (exact) mass is 866 g/mol. The molecule has 1 radical (unpaired) electrons. The summed E-state index contributed by atoms with van der Waals surface area (Å²) in [4.78, 5) is 9.17. The molecule has 0 saturated carbocycles. The van der Waals surface area contributed by atoms with Crippen molar-refractivity contribution in [1.29, 1.82) is 0 Å². The van der Waals surface area contributed by atoms with Crippen LogP contribution in [0.2, 0.25) is 19.6 Å². The van der Waals surface area contributed by atoms with Crippen molar-refractivity contribution in [2.75, 3.05) is 0 Å². The fraction of sp³-hybridized carbons (Fsp3) is 0.111. The molecule has 0 fully saturated rings. The number of aryl methyl sites for hydroxylation is 1. The summed E-state index contributed by atoms with van der Waals surface area (Å²) < 4.78 is 59.8. The van der Waals surface area contributed by atoms with Gasteiger partial charge >= 0.3 is 0 Å². The van der Waals surface area contributed by atoms with E-state index in [1.807, 2.05) is 72.9 Å². The summed E-state index contributed by atoms with van der Waals surface area (Å²) in [6, 6.07) is 43.8. The molecule has 0 amide bonds. The van der Waals surface area contributed by atoms with Crippen LogP contribution in [0.1, 0.15) is 23.5 Å². The average Bonchev–Trinajstić information content (AvgIpc) is 3.56. The predicted molar refractivity (Wildman–Crippen MR) is 207 cm³/mol. The molecule has 3 nitrogen and oxygen atoms in total. The van der Waals surface area contributed by atoms with E-state index in [2.05, 4.69) is 47.8 Å². The first-order chi connectivity index (χ1) is 26.2. The first kappa shape index (κ1) is 29.7. The Morgan fingerprint density at radius 2 is 1.55 bits per heavy atom. The largest absolute Gasteiger partial charge is 0.500 e. The molecule has 0 atom stereocenters. The van der Waals surface area contributed by atoms with Crippen molar-refractivity contribution in [3.63, 3.8) is 0 Å². The molecule has 3 heterocycles. The standard InChI is InChI=1S/C25H20N.C20H17FNOSi.Ir/c1-19-12-14-22(15-13-19)25-17-23(16-20-8-4-2-5-9-20)24(18-26-25)21-10-6-3-7-11-21;1-24(2,3)14-8-10-18(22-12-14)17-6-4-5-16-15-9-7-13(21)11-19(15)23-20(16)17;/h2-14,17-18H,16H2,1H3;4-5,7-12H,1-3H3;/q2*-1;/i1D3,16D2;;. The molecule has 0 aliphatic carbocycles. The van der Waals surface area contributed by atoms with Crippen LogP contribution in [-0.2, 0) is 26.5 Å². The molecule has 0 saturated heterocycles. The van der Waals surface area contributed by atoms with Crippen LogP contribution in [0.5, 0.6) is 0 Å². The second-order valence-corrected chi connectivity index (χ2v) is 18.1. The van der Waals surface area contributed by atoms with Gasteiger partial charge in [-0.1, -0.05) is 116 Å². The van der Waals surface area contributed by atoms with E-state index in [9.17, 15) is 4.39 Å². The van der Waals surface area contributed by atoms with Crippen LogP contribution < -0.4 is 5.19 Å². The molecule has 8 rings (SSSR count). The minimum Gasteiger partial charge on any atom is -0.500 e. The van der Waals surface area contributed by atoms with Crippen molar-refractivity contribution in [3.05, 3.63) is 174 Å². The summed E-state index contributed by atoms with van der Waals surface area (Å²) in [5.74, 6) is -0.301. The fourth-order valence-electron chi connectivity index (χ4n) is 5.71. The zero-order chi connectivity index (χ0) is 39.0. The van der Waals surface area contributed by atoms with Crippen molar-refractivity contribution < 1.29 is 35.8 Å². The van der Waals surface area contributed by atoms with Gasteiger partial charge in [-0.05, 0) is 51.8 Å². The maximum Gasteiger partial charge on any atom is 0.126 e. The van der Waals surface area contributed by atoms with Crippen LogP contribution in [0.15, 0.2) is 144 Å². The third-order valence-electron chi connectivity index (χ3n) is 8.41. The zero-order valence-electron chi connectivity index (χ0n) is 33.3. The summed E-state index contributed by atoms with van der Waals surface area (Å²) in [6.45, 7) is 4.69. The maximum absolute atomic E-state index is 13.5. The second kappa shape index (κ2) is 15.5. The predicted octanol–water partition coefficient (Wildman–Crippen LogP) is 11.2. The maximum atomic E-state index is 13.5. The summed E-state index contributed by atoms with van der Waals surface area (Å²) in [7, 11) is -1.38. The van der Waals surface area contributed by atoms with E-state index >= 15 is 0 Å². The van der Waals surface area contributed by atoms with E-state index in [0.717, 1.165) is 27.6 Å². The number of furan rings is 1. The first-order valence-electron chi connectivity index (χ1n) is 18.8. The number of hydrogen-bond donors (Lipinski definition) is 0. The first-order valence-corrected chi connectivity index (χ1v) is 19.8. The molecule has 0 aliphatic heterocycles. The van der Waals surface area contributed by atoms with Gasteiger partial charge in [-0.3, -0.25) is 0 Å². The number of nitrogens with zero attached hydrogens (tertiary/aromatic N) is 2. The van der Waals surface area contributed by atoms with Gasteiger partial charge in [0.15, 0.2) is 0 Å². The minimum atomic E-state index is -2.20. The van der Waals surface area contributed by atoms with Gasteiger partial charge in [-0.15, -0.1) is 53.6 Å². The summed E-state index contributed by atoms with van der Waals surface area (Å²) >= 11 is 0. The van der Waals surface area contributed by atoms with E-state index in [-0.39, 0.29) is 31.5 Å².